The molecule has 0 radical (unpaired) electrons. The third-order valence-corrected chi connectivity index (χ3v) is 0.0943. The first-order chi connectivity index (χ1) is 2.27. The standard InChI is InChI=1S/BH3O4.Na.H/c2-1(3)5-4;;/h2-4H;;. The topological polar surface area (TPSA) is 69.9 Å². The Bertz CT molecular complexity index is 21.5. The molecule has 0 aromatic heterocycles. The molecule has 0 aliphatic heterocycles. The number of hydrogen-bond donors (Lipinski definition) is 3. The summed E-state index contributed by atoms with van der Waals surface area (Å²) in [6, 6.07) is 0. The fraction of sp³-hybridized carbons (Fsp3) is 0. The molecule has 3 N–H and O–H groups in total. The predicted octanol–water partition coefficient (Wildman–Crippen LogP) is -2.20. The van der Waals surface area contributed by atoms with Crippen LogP contribution in [0.15, 0.2) is 0 Å². The Morgan fingerprint density at radius 2 is 1.50 bits per heavy atom. The summed E-state index contributed by atoms with van der Waals surface area (Å²) in [6.45, 7) is 0. The van der Waals surface area contributed by atoms with Crippen LogP contribution >= 0.6 is 0 Å². The van der Waals surface area contributed by atoms with Crippen LogP contribution in [-0.4, -0.2) is 52.2 Å². The van der Waals surface area contributed by atoms with Gasteiger partial charge in [-0.15, -0.1) is 0 Å². The van der Waals surface area contributed by atoms with Gasteiger partial charge in [-0.1, -0.05) is 0 Å². The van der Waals surface area contributed by atoms with E-state index in [0.29, 0.717) is 0 Å². The molecule has 0 bridgehead atoms. The van der Waals surface area contributed by atoms with Gasteiger partial charge in [0.15, 0.2) is 0 Å². The Morgan fingerprint density at radius 3 is 1.50 bits per heavy atom. The molecule has 0 amide bonds. The van der Waals surface area contributed by atoms with E-state index in [4.69, 9.17) is 15.3 Å². The quantitative estimate of drug-likeness (QED) is 0.199. The van der Waals surface area contributed by atoms with Crippen molar-refractivity contribution in [2.45, 2.75) is 0 Å². The van der Waals surface area contributed by atoms with Crippen LogP contribution in [0.5, 0.6) is 0 Å². The molecule has 0 atom stereocenters. The summed E-state index contributed by atoms with van der Waals surface area (Å²) in [5.41, 5.74) is 0. The molecule has 0 fully saturated rings. The molecule has 6 heteroatoms. The van der Waals surface area contributed by atoms with Gasteiger partial charge in [0.1, 0.15) is 0 Å². The summed E-state index contributed by atoms with van der Waals surface area (Å²) in [5, 5.41) is 22.0. The molecule has 0 aromatic rings. The second-order valence-electron chi connectivity index (χ2n) is 0.432. The summed E-state index contributed by atoms with van der Waals surface area (Å²) >= 11 is 0. The van der Waals surface area contributed by atoms with Crippen LogP contribution in [0, 0.1) is 0 Å². The van der Waals surface area contributed by atoms with Crippen molar-refractivity contribution in [1.29, 1.82) is 0 Å². The Labute approximate surface area is 57.1 Å². The fourth-order valence-electron chi connectivity index (χ4n) is 0. The van der Waals surface area contributed by atoms with E-state index in [-0.39, 0.29) is 29.6 Å². The normalized spacial score (nSPS) is 6.50. The van der Waals surface area contributed by atoms with Crippen LogP contribution in [0.25, 0.3) is 0 Å². The van der Waals surface area contributed by atoms with E-state index in [0.717, 1.165) is 0 Å². The zero-order valence-electron chi connectivity index (χ0n) is 2.33. The average molecular weight is 102 g/mol. The van der Waals surface area contributed by atoms with Gasteiger partial charge in [-0.05, 0) is 0 Å². The van der Waals surface area contributed by atoms with Crippen LogP contribution in [0.3, 0.4) is 0 Å². The van der Waals surface area contributed by atoms with Gasteiger partial charge in [-0.25, -0.2) is 4.81 Å². The van der Waals surface area contributed by atoms with E-state index in [1.165, 1.54) is 0 Å². The molecule has 0 aliphatic carbocycles. The monoisotopic (exact) mass is 102 g/mol. The van der Waals surface area contributed by atoms with E-state index in [9.17, 15) is 0 Å². The summed E-state index contributed by atoms with van der Waals surface area (Å²) in [5.74, 6) is 0. The van der Waals surface area contributed by atoms with E-state index < -0.39 is 7.32 Å². The van der Waals surface area contributed by atoms with Crippen molar-refractivity contribution < 1.29 is 20.1 Å². The maximum atomic E-state index is 7.44. The van der Waals surface area contributed by atoms with Crippen LogP contribution in [-0.2, 0) is 4.81 Å². The number of rotatable bonds is 1. The van der Waals surface area contributed by atoms with Crippen molar-refractivity contribution in [1.82, 2.24) is 0 Å². The molecule has 0 saturated heterocycles. The Kier molecular flexibility index (Phi) is 9.85. The van der Waals surface area contributed by atoms with Gasteiger partial charge in [0.2, 0.25) is 0 Å². The predicted molar refractivity (Wildman–Crippen MR) is 21.1 cm³/mol. The van der Waals surface area contributed by atoms with Gasteiger partial charge in [0.05, 0.1) is 0 Å². The Hall–Kier alpha value is 0.905. The molecule has 6 heavy (non-hydrogen) atoms. The fourth-order valence-corrected chi connectivity index (χ4v) is 0. The second-order valence-corrected chi connectivity index (χ2v) is 0.432. The van der Waals surface area contributed by atoms with Crippen molar-refractivity contribution in [3.63, 3.8) is 0 Å². The van der Waals surface area contributed by atoms with Gasteiger partial charge in [-0.2, -0.15) is 0 Å². The van der Waals surface area contributed by atoms with Gasteiger partial charge in [-0.3, -0.25) is 5.26 Å². The van der Waals surface area contributed by atoms with Crippen molar-refractivity contribution in [3.05, 3.63) is 0 Å². The Balaban J connectivity index is 0. The maximum absolute atomic E-state index is 7.44. The van der Waals surface area contributed by atoms with Gasteiger partial charge >= 0.3 is 36.9 Å². The first kappa shape index (κ1) is 10.0. The van der Waals surface area contributed by atoms with Crippen LogP contribution < -0.4 is 0 Å². The van der Waals surface area contributed by atoms with Crippen molar-refractivity contribution in [2.24, 2.45) is 0 Å². The zero-order chi connectivity index (χ0) is 4.28. The first-order valence-corrected chi connectivity index (χ1v) is 0.935. The van der Waals surface area contributed by atoms with Crippen molar-refractivity contribution in [2.75, 3.05) is 0 Å². The summed E-state index contributed by atoms with van der Waals surface area (Å²) < 4.78 is 0. The molecule has 0 unspecified atom stereocenters. The molecule has 0 spiro atoms. The van der Waals surface area contributed by atoms with E-state index >= 15 is 0 Å². The zero-order valence-corrected chi connectivity index (χ0v) is 2.33. The van der Waals surface area contributed by atoms with E-state index in [1.807, 2.05) is 0 Å². The van der Waals surface area contributed by atoms with E-state index in [1.54, 1.807) is 0 Å². The molecule has 0 aliphatic rings. The van der Waals surface area contributed by atoms with Gasteiger partial charge in [0, 0.05) is 0 Å². The molecule has 4 nitrogen and oxygen atoms in total. The molecule has 0 aromatic carbocycles. The molecular formula is H4BNaO4. The summed E-state index contributed by atoms with van der Waals surface area (Å²) in [7, 11) is -2.06. The third kappa shape index (κ3) is 8.86. The summed E-state index contributed by atoms with van der Waals surface area (Å²) in [6.07, 6.45) is 0. The molecule has 0 rings (SSSR count). The second kappa shape index (κ2) is 5.90. The minimum absolute atomic E-state index is 0. The van der Waals surface area contributed by atoms with E-state index in [2.05, 4.69) is 4.81 Å². The van der Waals surface area contributed by atoms with Crippen LogP contribution in [0.1, 0.15) is 0 Å². The minimum atomic E-state index is -2.06. The SMILES string of the molecule is OOB(O)O.[NaH]. The van der Waals surface area contributed by atoms with Crippen LogP contribution in [0.2, 0.25) is 0 Å². The molecule has 32 valence electrons. The summed E-state index contributed by atoms with van der Waals surface area (Å²) in [4.78, 5) is 2.86. The molecule has 0 heterocycles. The Morgan fingerprint density at radius 1 is 1.33 bits per heavy atom. The third-order valence-electron chi connectivity index (χ3n) is 0.0943. The van der Waals surface area contributed by atoms with Crippen molar-refractivity contribution in [3.8, 4) is 0 Å². The van der Waals surface area contributed by atoms with Crippen LogP contribution in [0.4, 0.5) is 0 Å². The average Bonchev–Trinajstić information content (AvgIpc) is 1.38. The van der Waals surface area contributed by atoms with Gasteiger partial charge < -0.3 is 10.0 Å². The molecular weight excluding hydrogens is 97.8 g/mol. The first-order valence-electron chi connectivity index (χ1n) is 0.935. The van der Waals surface area contributed by atoms with Gasteiger partial charge in [0.25, 0.3) is 0 Å². The molecule has 0 saturated carbocycles. The van der Waals surface area contributed by atoms with Crippen molar-refractivity contribution >= 4 is 36.9 Å². The number of hydrogen-bond acceptors (Lipinski definition) is 4.